The first-order valence-corrected chi connectivity index (χ1v) is 6.51. The van der Waals surface area contributed by atoms with Gasteiger partial charge in [0.05, 0.1) is 31.3 Å². The fourth-order valence-electron chi connectivity index (χ4n) is 2.33. The van der Waals surface area contributed by atoms with E-state index in [1.807, 2.05) is 30.3 Å². The Balaban J connectivity index is 1.92. The fourth-order valence-corrected chi connectivity index (χ4v) is 2.33. The lowest BCUT2D eigenvalue weighted by Crippen LogP contribution is -2.25. The van der Waals surface area contributed by atoms with Gasteiger partial charge in [-0.2, -0.15) is 0 Å². The summed E-state index contributed by atoms with van der Waals surface area (Å²) in [6.07, 6.45) is 4.12. The molecule has 0 spiro atoms. The van der Waals surface area contributed by atoms with Crippen LogP contribution in [-0.2, 0) is 6.54 Å². The van der Waals surface area contributed by atoms with Gasteiger partial charge in [-0.05, 0) is 37.1 Å². The minimum atomic E-state index is 0.555. The van der Waals surface area contributed by atoms with Crippen LogP contribution in [0.15, 0.2) is 41.0 Å². The molecule has 0 bridgehead atoms. The molecule has 100 valence electrons. The number of benzene rings is 1. The zero-order valence-electron chi connectivity index (χ0n) is 11.0. The zero-order valence-corrected chi connectivity index (χ0v) is 11.0. The molecule has 4 heteroatoms. The van der Waals surface area contributed by atoms with Crippen molar-refractivity contribution in [3.8, 4) is 5.75 Å². The maximum atomic E-state index is 6.19. The molecule has 0 amide bonds. The van der Waals surface area contributed by atoms with Crippen LogP contribution < -0.4 is 15.4 Å². The number of nitrogens with two attached hydrogens (primary N) is 1. The molecule has 19 heavy (non-hydrogen) atoms. The van der Waals surface area contributed by atoms with E-state index in [4.69, 9.17) is 14.9 Å². The number of ether oxygens (including phenoxy) is 1. The molecule has 0 radical (unpaired) electrons. The minimum Gasteiger partial charge on any atom is -0.495 e. The fraction of sp³-hybridized carbons (Fsp3) is 0.333. The summed E-state index contributed by atoms with van der Waals surface area (Å²) < 4.78 is 10.7. The van der Waals surface area contributed by atoms with Crippen LogP contribution in [-0.4, -0.2) is 13.2 Å². The van der Waals surface area contributed by atoms with Gasteiger partial charge < -0.3 is 19.8 Å². The molecular weight excluding hydrogens is 240 g/mol. The monoisotopic (exact) mass is 258 g/mol. The van der Waals surface area contributed by atoms with Gasteiger partial charge in [-0.25, -0.2) is 0 Å². The summed E-state index contributed by atoms with van der Waals surface area (Å²) >= 11 is 0. The molecule has 2 N–H and O–H groups in total. The maximum Gasteiger partial charge on any atom is 0.143 e. The summed E-state index contributed by atoms with van der Waals surface area (Å²) in [6.45, 7) is 0.745. The van der Waals surface area contributed by atoms with Crippen LogP contribution in [0.1, 0.15) is 18.6 Å². The highest BCUT2D eigenvalue weighted by molar-refractivity contribution is 5.74. The largest absolute Gasteiger partial charge is 0.495 e. The predicted molar refractivity (Wildman–Crippen MR) is 75.3 cm³/mol. The van der Waals surface area contributed by atoms with Crippen LogP contribution in [0.5, 0.6) is 5.75 Å². The number of nitrogen functional groups attached to an aromatic ring is 1. The Morgan fingerprint density at radius 1 is 1.32 bits per heavy atom. The van der Waals surface area contributed by atoms with Crippen LogP contribution in [0.2, 0.25) is 0 Å². The van der Waals surface area contributed by atoms with E-state index < -0.39 is 0 Å². The van der Waals surface area contributed by atoms with Crippen molar-refractivity contribution >= 4 is 11.4 Å². The number of furan rings is 1. The normalized spacial score (nSPS) is 14.4. The van der Waals surface area contributed by atoms with E-state index in [2.05, 4.69) is 4.90 Å². The third-order valence-electron chi connectivity index (χ3n) is 3.47. The van der Waals surface area contributed by atoms with Crippen LogP contribution in [0.3, 0.4) is 0 Å². The van der Waals surface area contributed by atoms with E-state index in [0.717, 1.165) is 23.7 Å². The van der Waals surface area contributed by atoms with Crippen molar-refractivity contribution in [1.29, 1.82) is 0 Å². The van der Waals surface area contributed by atoms with E-state index in [0.29, 0.717) is 11.7 Å². The van der Waals surface area contributed by atoms with Crippen LogP contribution in [0.25, 0.3) is 0 Å². The second-order valence-corrected chi connectivity index (χ2v) is 4.83. The smallest absolute Gasteiger partial charge is 0.143 e. The van der Waals surface area contributed by atoms with Gasteiger partial charge in [0.1, 0.15) is 11.5 Å². The van der Waals surface area contributed by atoms with Crippen LogP contribution >= 0.6 is 0 Å². The van der Waals surface area contributed by atoms with E-state index in [1.54, 1.807) is 13.4 Å². The average Bonchev–Trinajstić information content (AvgIpc) is 3.14. The summed E-state index contributed by atoms with van der Waals surface area (Å²) in [4.78, 5) is 2.30. The van der Waals surface area contributed by atoms with Gasteiger partial charge >= 0.3 is 0 Å². The average molecular weight is 258 g/mol. The molecule has 1 saturated carbocycles. The Morgan fingerprint density at radius 3 is 2.79 bits per heavy atom. The van der Waals surface area contributed by atoms with Crippen molar-refractivity contribution in [3.63, 3.8) is 0 Å². The highest BCUT2D eigenvalue weighted by Crippen LogP contribution is 2.39. The molecule has 1 aliphatic carbocycles. The SMILES string of the molecule is COc1cccc(N(Cc2ccco2)C2CC2)c1N. The molecule has 3 rings (SSSR count). The van der Waals surface area contributed by atoms with Crippen LogP contribution in [0.4, 0.5) is 11.4 Å². The number of anilines is 2. The minimum absolute atomic E-state index is 0.555. The van der Waals surface area contributed by atoms with Crippen molar-refractivity contribution in [2.24, 2.45) is 0 Å². The van der Waals surface area contributed by atoms with Crippen molar-refractivity contribution in [2.75, 3.05) is 17.7 Å². The Labute approximate surface area is 112 Å². The maximum absolute atomic E-state index is 6.19. The Bertz CT molecular complexity index is 547. The summed E-state index contributed by atoms with van der Waals surface area (Å²) in [7, 11) is 1.64. The molecule has 1 aromatic carbocycles. The highest BCUT2D eigenvalue weighted by Gasteiger charge is 2.31. The van der Waals surface area contributed by atoms with E-state index in [1.165, 1.54) is 12.8 Å². The van der Waals surface area contributed by atoms with Gasteiger partial charge in [-0.1, -0.05) is 6.07 Å². The first-order chi connectivity index (χ1) is 9.29. The van der Waals surface area contributed by atoms with Crippen molar-refractivity contribution in [2.45, 2.75) is 25.4 Å². The lowest BCUT2D eigenvalue weighted by atomic mass is 10.2. The van der Waals surface area contributed by atoms with Gasteiger partial charge in [0.25, 0.3) is 0 Å². The lowest BCUT2D eigenvalue weighted by Gasteiger charge is -2.25. The predicted octanol–water partition coefficient (Wildman–Crippen LogP) is 3.04. The van der Waals surface area contributed by atoms with Crippen molar-refractivity contribution < 1.29 is 9.15 Å². The topological polar surface area (TPSA) is 51.6 Å². The molecule has 0 saturated heterocycles. The summed E-state index contributed by atoms with van der Waals surface area (Å²) in [5, 5.41) is 0. The molecule has 1 aliphatic rings. The van der Waals surface area contributed by atoms with Gasteiger partial charge in [0.15, 0.2) is 0 Å². The third-order valence-corrected chi connectivity index (χ3v) is 3.47. The molecule has 2 aromatic rings. The number of methoxy groups -OCH3 is 1. The molecule has 0 aliphatic heterocycles. The first kappa shape index (κ1) is 12.0. The summed E-state index contributed by atoms with van der Waals surface area (Å²) in [6, 6.07) is 10.4. The summed E-state index contributed by atoms with van der Waals surface area (Å²) in [5.41, 5.74) is 7.92. The highest BCUT2D eigenvalue weighted by atomic mass is 16.5. The second-order valence-electron chi connectivity index (χ2n) is 4.83. The van der Waals surface area contributed by atoms with Gasteiger partial charge in [-0.15, -0.1) is 0 Å². The number of hydrogen-bond donors (Lipinski definition) is 1. The molecule has 4 nitrogen and oxygen atoms in total. The number of rotatable bonds is 5. The van der Waals surface area contributed by atoms with E-state index >= 15 is 0 Å². The first-order valence-electron chi connectivity index (χ1n) is 6.51. The zero-order chi connectivity index (χ0) is 13.2. The Morgan fingerprint density at radius 2 is 2.16 bits per heavy atom. The van der Waals surface area contributed by atoms with Crippen LogP contribution in [0, 0.1) is 0 Å². The quantitative estimate of drug-likeness (QED) is 0.837. The van der Waals surface area contributed by atoms with Gasteiger partial charge in [-0.3, -0.25) is 0 Å². The molecule has 1 fully saturated rings. The van der Waals surface area contributed by atoms with Crippen molar-refractivity contribution in [1.82, 2.24) is 0 Å². The van der Waals surface area contributed by atoms with Gasteiger partial charge in [0, 0.05) is 6.04 Å². The van der Waals surface area contributed by atoms with E-state index in [9.17, 15) is 0 Å². The van der Waals surface area contributed by atoms with Crippen molar-refractivity contribution in [3.05, 3.63) is 42.4 Å². The molecule has 1 heterocycles. The Kier molecular flexibility index (Phi) is 3.07. The second kappa shape index (κ2) is 4.88. The standard InChI is InChI=1S/C15H18N2O2/c1-18-14-6-2-5-13(15(14)16)17(11-7-8-11)10-12-4-3-9-19-12/h2-6,9,11H,7-8,10,16H2,1H3. The number of hydrogen-bond acceptors (Lipinski definition) is 4. The molecule has 1 aromatic heterocycles. The number of para-hydroxylation sites is 1. The third kappa shape index (κ3) is 2.38. The number of nitrogens with zero attached hydrogens (tertiary/aromatic N) is 1. The summed E-state index contributed by atoms with van der Waals surface area (Å²) in [5.74, 6) is 1.68. The lowest BCUT2D eigenvalue weighted by molar-refractivity contribution is 0.417. The molecular formula is C15H18N2O2. The molecule has 0 unspecified atom stereocenters. The molecule has 0 atom stereocenters. The van der Waals surface area contributed by atoms with Gasteiger partial charge in [0.2, 0.25) is 0 Å². The van der Waals surface area contributed by atoms with E-state index in [-0.39, 0.29) is 0 Å². The Hall–Kier alpha value is -2.10.